The monoisotopic (exact) mass is 262 g/mol. The molecule has 0 saturated heterocycles. The van der Waals surface area contributed by atoms with Gasteiger partial charge in [0.25, 0.3) is 0 Å². The first-order chi connectivity index (χ1) is 9.08. The van der Waals surface area contributed by atoms with E-state index in [-0.39, 0.29) is 5.56 Å². The van der Waals surface area contributed by atoms with Gasteiger partial charge in [0.05, 0.1) is 6.10 Å². The van der Waals surface area contributed by atoms with Crippen LogP contribution in [0.2, 0.25) is 0 Å². The molecule has 0 radical (unpaired) electrons. The Morgan fingerprint density at radius 3 is 2.58 bits per heavy atom. The lowest BCUT2D eigenvalue weighted by molar-refractivity contribution is 0.162. The minimum atomic E-state index is -0.990. The van der Waals surface area contributed by atoms with Gasteiger partial charge in [-0.3, -0.25) is 0 Å². The summed E-state index contributed by atoms with van der Waals surface area (Å²) in [4.78, 5) is 0. The molecule has 0 fully saturated rings. The van der Waals surface area contributed by atoms with Crippen LogP contribution in [0.3, 0.4) is 0 Å². The Morgan fingerprint density at radius 2 is 1.84 bits per heavy atom. The maximum absolute atomic E-state index is 13.5. The molecular weight excluding hydrogens is 246 g/mol. The Balaban J connectivity index is 2.05. The molecule has 1 N–H and O–H groups in total. The van der Waals surface area contributed by atoms with Gasteiger partial charge in [-0.05, 0) is 31.4 Å². The summed E-state index contributed by atoms with van der Waals surface area (Å²) in [5, 5.41) is 9.95. The van der Waals surface area contributed by atoms with E-state index < -0.39 is 17.7 Å². The van der Waals surface area contributed by atoms with Crippen molar-refractivity contribution in [3.8, 4) is 0 Å². The molecule has 1 nitrogen and oxygen atoms in total. The van der Waals surface area contributed by atoms with Gasteiger partial charge in [-0.1, -0.05) is 42.0 Å². The van der Waals surface area contributed by atoms with Crippen LogP contribution in [0.15, 0.2) is 42.5 Å². The number of aliphatic hydroxyl groups excluding tert-OH is 1. The fraction of sp³-hybridized carbons (Fsp3) is 0.250. The van der Waals surface area contributed by atoms with Crippen LogP contribution in [0, 0.1) is 18.6 Å². The van der Waals surface area contributed by atoms with Crippen LogP contribution in [-0.4, -0.2) is 5.11 Å². The Bertz CT molecular complexity index is 566. The van der Waals surface area contributed by atoms with Gasteiger partial charge in [0, 0.05) is 5.56 Å². The first kappa shape index (κ1) is 13.7. The molecular formula is C16H16F2O. The molecule has 0 heterocycles. The summed E-state index contributed by atoms with van der Waals surface area (Å²) in [5.41, 5.74) is 2.24. The fourth-order valence-electron chi connectivity index (χ4n) is 2.10. The highest BCUT2D eigenvalue weighted by molar-refractivity contribution is 5.24. The topological polar surface area (TPSA) is 20.2 Å². The lowest BCUT2D eigenvalue weighted by atomic mass is 10.00. The van der Waals surface area contributed by atoms with Crippen molar-refractivity contribution in [1.82, 2.24) is 0 Å². The third-order valence-electron chi connectivity index (χ3n) is 3.13. The molecule has 3 heteroatoms. The molecule has 0 spiro atoms. The molecule has 0 aliphatic carbocycles. The van der Waals surface area contributed by atoms with E-state index in [0.29, 0.717) is 12.8 Å². The van der Waals surface area contributed by atoms with E-state index in [0.717, 1.165) is 17.2 Å². The predicted molar refractivity (Wildman–Crippen MR) is 70.8 cm³/mol. The Labute approximate surface area is 111 Å². The van der Waals surface area contributed by atoms with Crippen LogP contribution < -0.4 is 0 Å². The van der Waals surface area contributed by atoms with Gasteiger partial charge < -0.3 is 5.11 Å². The maximum atomic E-state index is 13.5. The first-order valence-corrected chi connectivity index (χ1v) is 6.25. The molecule has 0 aromatic heterocycles. The van der Waals surface area contributed by atoms with Gasteiger partial charge >= 0.3 is 0 Å². The Kier molecular flexibility index (Phi) is 4.27. The van der Waals surface area contributed by atoms with Gasteiger partial charge in [0.1, 0.15) is 0 Å². The summed E-state index contributed by atoms with van der Waals surface area (Å²) < 4.78 is 26.6. The van der Waals surface area contributed by atoms with Gasteiger partial charge in [0.2, 0.25) is 0 Å². The first-order valence-electron chi connectivity index (χ1n) is 6.25. The molecule has 2 aromatic rings. The van der Waals surface area contributed by atoms with E-state index in [1.807, 2.05) is 31.2 Å². The highest BCUT2D eigenvalue weighted by Crippen LogP contribution is 2.23. The third kappa shape index (κ3) is 3.38. The Hall–Kier alpha value is -1.74. The van der Waals surface area contributed by atoms with E-state index in [4.69, 9.17) is 0 Å². The number of aliphatic hydroxyl groups is 1. The molecule has 100 valence electrons. The van der Waals surface area contributed by atoms with Crippen molar-refractivity contribution in [3.05, 3.63) is 70.8 Å². The van der Waals surface area contributed by atoms with E-state index in [1.54, 1.807) is 0 Å². The normalized spacial score (nSPS) is 12.4. The highest BCUT2D eigenvalue weighted by Gasteiger charge is 2.15. The molecule has 2 rings (SSSR count). The van der Waals surface area contributed by atoms with Gasteiger partial charge in [-0.25, -0.2) is 8.78 Å². The van der Waals surface area contributed by atoms with Crippen molar-refractivity contribution in [3.63, 3.8) is 0 Å². The zero-order valence-electron chi connectivity index (χ0n) is 10.7. The average molecular weight is 262 g/mol. The van der Waals surface area contributed by atoms with E-state index in [9.17, 15) is 13.9 Å². The van der Waals surface area contributed by atoms with Gasteiger partial charge in [-0.2, -0.15) is 0 Å². The number of hydrogen-bond acceptors (Lipinski definition) is 1. The largest absolute Gasteiger partial charge is 0.388 e. The quantitative estimate of drug-likeness (QED) is 0.884. The summed E-state index contributed by atoms with van der Waals surface area (Å²) in [6.07, 6.45) is -0.000901. The maximum Gasteiger partial charge on any atom is 0.164 e. The van der Waals surface area contributed by atoms with Crippen LogP contribution in [0.4, 0.5) is 8.78 Å². The standard InChI is InChI=1S/C16H16F2O/c1-11-4-2-5-12(10-11)8-9-15(19)13-6-3-7-14(17)16(13)18/h2-7,10,15,19H,8-9H2,1H3. The minimum absolute atomic E-state index is 0.0210. The fourth-order valence-corrected chi connectivity index (χ4v) is 2.10. The molecule has 0 saturated carbocycles. The van der Waals surface area contributed by atoms with Crippen molar-refractivity contribution >= 4 is 0 Å². The minimum Gasteiger partial charge on any atom is -0.388 e. The van der Waals surface area contributed by atoms with Crippen LogP contribution >= 0.6 is 0 Å². The van der Waals surface area contributed by atoms with Crippen LogP contribution in [0.25, 0.3) is 0 Å². The van der Waals surface area contributed by atoms with Crippen LogP contribution in [0.1, 0.15) is 29.2 Å². The molecule has 0 aliphatic rings. The molecule has 0 bridgehead atoms. The van der Waals surface area contributed by atoms with Crippen LogP contribution in [-0.2, 0) is 6.42 Å². The second-order valence-electron chi connectivity index (χ2n) is 4.69. The average Bonchev–Trinajstić information content (AvgIpc) is 2.39. The molecule has 1 atom stereocenters. The van der Waals surface area contributed by atoms with Gasteiger partial charge in [-0.15, -0.1) is 0 Å². The molecule has 1 unspecified atom stereocenters. The second-order valence-corrected chi connectivity index (χ2v) is 4.69. The number of rotatable bonds is 4. The molecule has 0 amide bonds. The highest BCUT2D eigenvalue weighted by atomic mass is 19.2. The van der Waals surface area contributed by atoms with Crippen molar-refractivity contribution in [2.75, 3.05) is 0 Å². The number of aryl methyl sites for hydroxylation is 2. The zero-order valence-corrected chi connectivity index (χ0v) is 10.7. The van der Waals surface area contributed by atoms with Crippen LogP contribution in [0.5, 0.6) is 0 Å². The third-order valence-corrected chi connectivity index (χ3v) is 3.13. The van der Waals surface area contributed by atoms with E-state index in [1.165, 1.54) is 12.1 Å². The number of halogens is 2. The lowest BCUT2D eigenvalue weighted by Gasteiger charge is -2.12. The summed E-state index contributed by atoms with van der Waals surface area (Å²) in [6, 6.07) is 11.8. The molecule has 2 aromatic carbocycles. The number of benzene rings is 2. The SMILES string of the molecule is Cc1cccc(CCC(O)c2cccc(F)c2F)c1. The zero-order chi connectivity index (χ0) is 13.8. The van der Waals surface area contributed by atoms with Crippen molar-refractivity contribution in [2.45, 2.75) is 25.9 Å². The molecule has 19 heavy (non-hydrogen) atoms. The molecule has 0 aliphatic heterocycles. The Morgan fingerprint density at radius 1 is 1.11 bits per heavy atom. The lowest BCUT2D eigenvalue weighted by Crippen LogP contribution is -2.04. The number of hydrogen-bond donors (Lipinski definition) is 1. The summed E-state index contributed by atoms with van der Waals surface area (Å²) >= 11 is 0. The smallest absolute Gasteiger partial charge is 0.164 e. The van der Waals surface area contributed by atoms with Crippen molar-refractivity contribution in [1.29, 1.82) is 0 Å². The summed E-state index contributed by atoms with van der Waals surface area (Å²) in [6.45, 7) is 1.99. The van der Waals surface area contributed by atoms with Gasteiger partial charge in [0.15, 0.2) is 11.6 Å². The summed E-state index contributed by atoms with van der Waals surface area (Å²) in [5.74, 6) is -1.88. The van der Waals surface area contributed by atoms with Crippen molar-refractivity contribution in [2.24, 2.45) is 0 Å². The van der Waals surface area contributed by atoms with Crippen molar-refractivity contribution < 1.29 is 13.9 Å². The van der Waals surface area contributed by atoms with E-state index in [2.05, 4.69) is 0 Å². The summed E-state index contributed by atoms with van der Waals surface area (Å²) in [7, 11) is 0. The van der Waals surface area contributed by atoms with E-state index >= 15 is 0 Å². The second kappa shape index (κ2) is 5.93. The predicted octanol–water partition coefficient (Wildman–Crippen LogP) is 3.94.